The Bertz CT molecular complexity index is 827. The summed E-state index contributed by atoms with van der Waals surface area (Å²) in [6.07, 6.45) is 2.66. The highest BCUT2D eigenvalue weighted by atomic mass is 16.5. The number of ether oxygens (including phenoxy) is 2. The highest BCUT2D eigenvalue weighted by Crippen LogP contribution is 2.41. The molecule has 0 saturated carbocycles. The number of hydrogen-bond acceptors (Lipinski definition) is 3. The predicted molar refractivity (Wildman–Crippen MR) is 103 cm³/mol. The maximum atomic E-state index is 13.0. The molecule has 2 aromatic rings. The standard InChI is InChI=1S/C22H25NO3/c1-5-15(2)22(24)23-12-11-17-13-19(25-3)20(26-4)14-18(17)21(23)16-9-7-6-8-10-16/h5-10,13-14,21H,11-12H2,1-4H3/b15-5+. The van der Waals surface area contributed by atoms with Crippen LogP contribution in [0.3, 0.4) is 0 Å². The second kappa shape index (κ2) is 7.65. The van der Waals surface area contributed by atoms with Crippen molar-refractivity contribution in [3.05, 3.63) is 70.8 Å². The van der Waals surface area contributed by atoms with Gasteiger partial charge in [-0.1, -0.05) is 36.4 Å². The quantitative estimate of drug-likeness (QED) is 0.777. The summed E-state index contributed by atoms with van der Waals surface area (Å²) in [7, 11) is 3.28. The summed E-state index contributed by atoms with van der Waals surface area (Å²) in [5.41, 5.74) is 4.14. The maximum absolute atomic E-state index is 13.0. The summed E-state index contributed by atoms with van der Waals surface area (Å²) >= 11 is 0. The number of carbonyl (C=O) groups excluding carboxylic acids is 1. The van der Waals surface area contributed by atoms with E-state index in [0.29, 0.717) is 12.3 Å². The van der Waals surface area contributed by atoms with E-state index in [9.17, 15) is 4.79 Å². The number of allylic oxidation sites excluding steroid dienone is 1. The van der Waals surface area contributed by atoms with Crippen LogP contribution in [0.5, 0.6) is 11.5 Å². The van der Waals surface area contributed by atoms with Crippen LogP contribution < -0.4 is 9.47 Å². The van der Waals surface area contributed by atoms with Crippen molar-refractivity contribution in [2.75, 3.05) is 20.8 Å². The highest BCUT2D eigenvalue weighted by molar-refractivity contribution is 5.93. The van der Waals surface area contributed by atoms with Crippen LogP contribution in [0.2, 0.25) is 0 Å². The third kappa shape index (κ3) is 3.19. The van der Waals surface area contributed by atoms with Crippen LogP contribution in [0.4, 0.5) is 0 Å². The van der Waals surface area contributed by atoms with Gasteiger partial charge < -0.3 is 14.4 Å². The van der Waals surface area contributed by atoms with E-state index in [1.54, 1.807) is 14.2 Å². The van der Waals surface area contributed by atoms with Crippen molar-refractivity contribution in [1.29, 1.82) is 0 Å². The number of benzene rings is 2. The molecule has 0 aliphatic carbocycles. The van der Waals surface area contributed by atoms with Gasteiger partial charge in [-0.3, -0.25) is 4.79 Å². The molecule has 26 heavy (non-hydrogen) atoms. The zero-order chi connectivity index (χ0) is 18.7. The topological polar surface area (TPSA) is 38.8 Å². The molecule has 1 atom stereocenters. The van der Waals surface area contributed by atoms with Crippen molar-refractivity contribution in [2.45, 2.75) is 26.3 Å². The summed E-state index contributed by atoms with van der Waals surface area (Å²) in [5, 5.41) is 0. The molecule has 0 N–H and O–H groups in total. The van der Waals surface area contributed by atoms with Crippen molar-refractivity contribution < 1.29 is 14.3 Å². The zero-order valence-electron chi connectivity index (χ0n) is 15.8. The van der Waals surface area contributed by atoms with Crippen molar-refractivity contribution >= 4 is 5.91 Å². The lowest BCUT2D eigenvalue weighted by Crippen LogP contribution is -2.41. The summed E-state index contributed by atoms with van der Waals surface area (Å²) in [4.78, 5) is 15.0. The molecule has 1 amide bonds. The van der Waals surface area contributed by atoms with Gasteiger partial charge in [-0.05, 0) is 49.1 Å². The third-order valence-corrected chi connectivity index (χ3v) is 5.02. The average Bonchev–Trinajstić information content (AvgIpc) is 2.71. The molecule has 0 bridgehead atoms. The summed E-state index contributed by atoms with van der Waals surface area (Å²) in [5.74, 6) is 1.48. The number of fused-ring (bicyclic) bond motifs is 1. The van der Waals surface area contributed by atoms with Crippen LogP contribution in [-0.4, -0.2) is 31.6 Å². The van der Waals surface area contributed by atoms with Gasteiger partial charge in [0.2, 0.25) is 5.91 Å². The molecule has 0 spiro atoms. The van der Waals surface area contributed by atoms with Gasteiger partial charge in [-0.2, -0.15) is 0 Å². The number of hydrogen-bond donors (Lipinski definition) is 0. The Morgan fingerprint density at radius 1 is 1.12 bits per heavy atom. The van der Waals surface area contributed by atoms with E-state index in [0.717, 1.165) is 28.9 Å². The molecule has 1 unspecified atom stereocenters. The second-order valence-electron chi connectivity index (χ2n) is 6.44. The van der Waals surface area contributed by atoms with Crippen molar-refractivity contribution in [3.8, 4) is 11.5 Å². The Hall–Kier alpha value is -2.75. The molecular weight excluding hydrogens is 326 g/mol. The maximum Gasteiger partial charge on any atom is 0.249 e. The van der Waals surface area contributed by atoms with Crippen LogP contribution >= 0.6 is 0 Å². The summed E-state index contributed by atoms with van der Waals surface area (Å²) in [6.45, 7) is 4.44. The molecule has 1 aliphatic rings. The number of methoxy groups -OCH3 is 2. The molecule has 3 rings (SSSR count). The first-order valence-electron chi connectivity index (χ1n) is 8.84. The number of rotatable bonds is 4. The molecule has 0 radical (unpaired) electrons. The van der Waals surface area contributed by atoms with Crippen LogP contribution in [-0.2, 0) is 11.2 Å². The Labute approximate surface area is 155 Å². The van der Waals surface area contributed by atoms with E-state index in [2.05, 4.69) is 12.1 Å². The smallest absolute Gasteiger partial charge is 0.249 e. The number of carbonyl (C=O) groups is 1. The molecule has 4 nitrogen and oxygen atoms in total. The second-order valence-corrected chi connectivity index (χ2v) is 6.44. The van der Waals surface area contributed by atoms with E-state index in [1.807, 2.05) is 55.2 Å². The van der Waals surface area contributed by atoms with E-state index >= 15 is 0 Å². The van der Waals surface area contributed by atoms with Gasteiger partial charge in [-0.25, -0.2) is 0 Å². The van der Waals surface area contributed by atoms with Crippen LogP contribution in [0.15, 0.2) is 54.1 Å². The molecule has 4 heteroatoms. The fraction of sp³-hybridized carbons (Fsp3) is 0.318. The lowest BCUT2D eigenvalue weighted by atomic mass is 9.87. The van der Waals surface area contributed by atoms with Crippen LogP contribution in [0.1, 0.15) is 36.6 Å². The van der Waals surface area contributed by atoms with Gasteiger partial charge in [-0.15, -0.1) is 0 Å². The lowest BCUT2D eigenvalue weighted by Gasteiger charge is -2.38. The highest BCUT2D eigenvalue weighted by Gasteiger charge is 2.33. The van der Waals surface area contributed by atoms with E-state index in [1.165, 1.54) is 5.56 Å². The minimum atomic E-state index is -0.137. The van der Waals surface area contributed by atoms with E-state index < -0.39 is 0 Å². The lowest BCUT2D eigenvalue weighted by molar-refractivity contribution is -0.129. The van der Waals surface area contributed by atoms with Crippen LogP contribution in [0.25, 0.3) is 0 Å². The molecule has 1 aliphatic heterocycles. The SMILES string of the molecule is C/C=C(\C)C(=O)N1CCc2cc(OC)c(OC)cc2C1c1ccccc1. The molecule has 0 aromatic heterocycles. The number of amides is 1. The third-order valence-electron chi connectivity index (χ3n) is 5.02. The molecule has 2 aromatic carbocycles. The predicted octanol–water partition coefficient (Wildman–Crippen LogP) is 4.14. The molecule has 0 fully saturated rings. The van der Waals surface area contributed by atoms with Gasteiger partial charge in [0.05, 0.1) is 20.3 Å². The Kier molecular flexibility index (Phi) is 5.31. The van der Waals surface area contributed by atoms with Gasteiger partial charge in [0.1, 0.15) is 0 Å². The minimum Gasteiger partial charge on any atom is -0.493 e. The normalized spacial score (nSPS) is 16.8. The van der Waals surface area contributed by atoms with Crippen LogP contribution in [0, 0.1) is 0 Å². The fourth-order valence-electron chi connectivity index (χ4n) is 3.51. The molecular formula is C22H25NO3. The average molecular weight is 351 g/mol. The molecule has 136 valence electrons. The Morgan fingerprint density at radius 2 is 1.77 bits per heavy atom. The minimum absolute atomic E-state index is 0.0711. The summed E-state index contributed by atoms with van der Waals surface area (Å²) < 4.78 is 11.0. The Morgan fingerprint density at radius 3 is 2.38 bits per heavy atom. The van der Waals surface area contributed by atoms with E-state index in [4.69, 9.17) is 9.47 Å². The first-order chi connectivity index (χ1) is 12.6. The number of nitrogens with zero attached hydrogens (tertiary/aromatic N) is 1. The van der Waals surface area contributed by atoms with Gasteiger partial charge in [0.25, 0.3) is 0 Å². The van der Waals surface area contributed by atoms with Crippen molar-refractivity contribution in [2.24, 2.45) is 0 Å². The fourth-order valence-corrected chi connectivity index (χ4v) is 3.51. The first kappa shape index (κ1) is 18.1. The summed E-state index contributed by atoms with van der Waals surface area (Å²) in [6, 6.07) is 14.1. The van der Waals surface area contributed by atoms with Gasteiger partial charge in [0, 0.05) is 12.1 Å². The van der Waals surface area contributed by atoms with Gasteiger partial charge in [0.15, 0.2) is 11.5 Å². The van der Waals surface area contributed by atoms with Gasteiger partial charge >= 0.3 is 0 Å². The monoisotopic (exact) mass is 351 g/mol. The zero-order valence-corrected chi connectivity index (χ0v) is 15.8. The Balaban J connectivity index is 2.16. The van der Waals surface area contributed by atoms with Crippen molar-refractivity contribution in [1.82, 2.24) is 4.90 Å². The largest absolute Gasteiger partial charge is 0.493 e. The first-order valence-corrected chi connectivity index (χ1v) is 8.84. The van der Waals surface area contributed by atoms with Crippen molar-refractivity contribution in [3.63, 3.8) is 0 Å². The molecule has 1 heterocycles. The molecule has 0 saturated heterocycles. The van der Waals surface area contributed by atoms with E-state index in [-0.39, 0.29) is 11.9 Å².